The molecule has 1 aliphatic rings. The number of carbonyl (C=O) groups is 2. The van der Waals surface area contributed by atoms with Crippen LogP contribution in [-0.2, 0) is 9.59 Å². The predicted octanol–water partition coefficient (Wildman–Crippen LogP) is 0.113. The number of amides is 2. The summed E-state index contributed by atoms with van der Waals surface area (Å²) in [6.45, 7) is 1.47. The van der Waals surface area contributed by atoms with Crippen molar-refractivity contribution >= 4 is 11.8 Å². The van der Waals surface area contributed by atoms with Crippen molar-refractivity contribution in [3.8, 4) is 0 Å². The van der Waals surface area contributed by atoms with E-state index in [0.717, 1.165) is 25.8 Å². The minimum Gasteiger partial charge on any atom is -0.353 e. The fraction of sp³-hybridized carbons (Fsp3) is 0.833. The van der Waals surface area contributed by atoms with Gasteiger partial charge in [-0.3, -0.25) is 9.59 Å². The molecule has 2 N–H and O–H groups in total. The monoisotopic (exact) mass is 241 g/mol. The van der Waals surface area contributed by atoms with Crippen molar-refractivity contribution in [1.82, 2.24) is 15.5 Å². The largest absolute Gasteiger partial charge is 0.353 e. The highest BCUT2D eigenvalue weighted by atomic mass is 16.2. The zero-order valence-corrected chi connectivity index (χ0v) is 10.8. The van der Waals surface area contributed by atoms with Crippen molar-refractivity contribution in [2.45, 2.75) is 38.1 Å². The van der Waals surface area contributed by atoms with Crippen LogP contribution in [-0.4, -0.2) is 49.9 Å². The van der Waals surface area contributed by atoms with E-state index in [1.807, 2.05) is 0 Å². The van der Waals surface area contributed by atoms with E-state index >= 15 is 0 Å². The molecule has 5 heteroatoms. The molecule has 0 bridgehead atoms. The van der Waals surface area contributed by atoms with Crippen LogP contribution in [0.4, 0.5) is 0 Å². The molecule has 5 nitrogen and oxygen atoms in total. The lowest BCUT2D eigenvalue weighted by Gasteiger charge is -2.10. The highest BCUT2D eigenvalue weighted by Gasteiger charge is 2.22. The SMILES string of the molecule is CN(C)C(=O)CCNCCCC(=O)NC1CC1. The van der Waals surface area contributed by atoms with Crippen LogP contribution in [0, 0.1) is 0 Å². The van der Waals surface area contributed by atoms with Crippen LogP contribution in [0.3, 0.4) is 0 Å². The molecule has 2 amide bonds. The van der Waals surface area contributed by atoms with Crippen LogP contribution in [0.15, 0.2) is 0 Å². The highest BCUT2D eigenvalue weighted by Crippen LogP contribution is 2.18. The first kappa shape index (κ1) is 14.0. The van der Waals surface area contributed by atoms with Gasteiger partial charge in [0.15, 0.2) is 0 Å². The smallest absolute Gasteiger partial charge is 0.223 e. The molecule has 1 aliphatic carbocycles. The number of carbonyl (C=O) groups excluding carboxylic acids is 2. The quantitative estimate of drug-likeness (QED) is 0.593. The fourth-order valence-electron chi connectivity index (χ4n) is 1.45. The lowest BCUT2D eigenvalue weighted by atomic mass is 10.3. The van der Waals surface area contributed by atoms with Gasteiger partial charge in [0.1, 0.15) is 0 Å². The van der Waals surface area contributed by atoms with E-state index in [9.17, 15) is 9.59 Å². The van der Waals surface area contributed by atoms with E-state index in [-0.39, 0.29) is 11.8 Å². The lowest BCUT2D eigenvalue weighted by Crippen LogP contribution is -2.28. The first-order chi connectivity index (χ1) is 8.09. The van der Waals surface area contributed by atoms with Gasteiger partial charge in [-0.1, -0.05) is 0 Å². The molecule has 98 valence electrons. The average molecular weight is 241 g/mol. The van der Waals surface area contributed by atoms with Crippen molar-refractivity contribution in [2.24, 2.45) is 0 Å². The zero-order chi connectivity index (χ0) is 12.7. The van der Waals surface area contributed by atoms with Gasteiger partial charge in [0.05, 0.1) is 0 Å². The molecule has 0 saturated heterocycles. The highest BCUT2D eigenvalue weighted by molar-refractivity contribution is 5.76. The molecule has 1 saturated carbocycles. The third-order valence-electron chi connectivity index (χ3n) is 2.71. The van der Waals surface area contributed by atoms with Crippen LogP contribution in [0.1, 0.15) is 32.1 Å². The van der Waals surface area contributed by atoms with E-state index in [4.69, 9.17) is 0 Å². The number of nitrogens with one attached hydrogen (secondary N) is 2. The van der Waals surface area contributed by atoms with Gasteiger partial charge in [-0.25, -0.2) is 0 Å². The van der Waals surface area contributed by atoms with Gasteiger partial charge in [-0.05, 0) is 25.8 Å². The van der Waals surface area contributed by atoms with E-state index in [2.05, 4.69) is 10.6 Å². The van der Waals surface area contributed by atoms with Crippen molar-refractivity contribution in [2.75, 3.05) is 27.2 Å². The number of nitrogens with zero attached hydrogens (tertiary/aromatic N) is 1. The van der Waals surface area contributed by atoms with Crippen LogP contribution < -0.4 is 10.6 Å². The number of rotatable bonds is 8. The maximum Gasteiger partial charge on any atom is 0.223 e. The Hall–Kier alpha value is -1.10. The summed E-state index contributed by atoms with van der Waals surface area (Å²) in [6.07, 6.45) is 4.19. The molecule has 0 aromatic heterocycles. The minimum absolute atomic E-state index is 0.129. The maximum absolute atomic E-state index is 11.3. The van der Waals surface area contributed by atoms with Crippen LogP contribution in [0.2, 0.25) is 0 Å². The Morgan fingerprint density at radius 2 is 1.88 bits per heavy atom. The summed E-state index contributed by atoms with van der Waals surface area (Å²) < 4.78 is 0. The molecular weight excluding hydrogens is 218 g/mol. The lowest BCUT2D eigenvalue weighted by molar-refractivity contribution is -0.128. The Balaban J connectivity index is 1.86. The molecule has 0 aromatic rings. The van der Waals surface area contributed by atoms with E-state index < -0.39 is 0 Å². The van der Waals surface area contributed by atoms with Gasteiger partial charge >= 0.3 is 0 Å². The van der Waals surface area contributed by atoms with E-state index in [0.29, 0.717) is 25.4 Å². The maximum atomic E-state index is 11.3. The topological polar surface area (TPSA) is 61.4 Å². The molecule has 0 radical (unpaired) electrons. The van der Waals surface area contributed by atoms with Gasteiger partial charge in [0.2, 0.25) is 11.8 Å². The second kappa shape index (κ2) is 7.27. The molecule has 1 rings (SSSR count). The van der Waals surface area contributed by atoms with E-state index in [1.54, 1.807) is 19.0 Å². The molecule has 0 atom stereocenters. The Kier molecular flexibility index (Phi) is 5.97. The second-order valence-electron chi connectivity index (χ2n) is 4.73. The first-order valence-electron chi connectivity index (χ1n) is 6.30. The van der Waals surface area contributed by atoms with Crippen molar-refractivity contribution in [1.29, 1.82) is 0 Å². The Labute approximate surface area is 103 Å². The summed E-state index contributed by atoms with van der Waals surface area (Å²) in [5, 5.41) is 6.12. The van der Waals surface area contributed by atoms with Gasteiger partial charge in [0.25, 0.3) is 0 Å². The fourth-order valence-corrected chi connectivity index (χ4v) is 1.45. The molecular formula is C12H23N3O2. The summed E-state index contributed by atoms with van der Waals surface area (Å²) in [5.41, 5.74) is 0. The molecule has 0 aromatic carbocycles. The van der Waals surface area contributed by atoms with Crippen LogP contribution in [0.5, 0.6) is 0 Å². The minimum atomic E-state index is 0.129. The van der Waals surface area contributed by atoms with Gasteiger partial charge < -0.3 is 15.5 Å². The third kappa shape index (κ3) is 6.94. The molecule has 0 spiro atoms. The van der Waals surface area contributed by atoms with Gasteiger partial charge in [-0.15, -0.1) is 0 Å². The Morgan fingerprint density at radius 1 is 1.18 bits per heavy atom. The van der Waals surface area contributed by atoms with Crippen LogP contribution >= 0.6 is 0 Å². The van der Waals surface area contributed by atoms with Crippen molar-refractivity contribution in [3.05, 3.63) is 0 Å². The Morgan fingerprint density at radius 3 is 2.47 bits per heavy atom. The average Bonchev–Trinajstić information content (AvgIpc) is 3.06. The number of hydrogen-bond donors (Lipinski definition) is 2. The summed E-state index contributed by atoms with van der Waals surface area (Å²) in [4.78, 5) is 24.1. The van der Waals surface area contributed by atoms with E-state index in [1.165, 1.54) is 0 Å². The molecule has 0 unspecified atom stereocenters. The molecule has 0 heterocycles. The second-order valence-corrected chi connectivity index (χ2v) is 4.73. The summed E-state index contributed by atoms with van der Waals surface area (Å²) in [7, 11) is 3.51. The van der Waals surface area contributed by atoms with Crippen LogP contribution in [0.25, 0.3) is 0 Å². The first-order valence-corrected chi connectivity index (χ1v) is 6.30. The predicted molar refractivity (Wildman–Crippen MR) is 66.6 cm³/mol. The summed E-state index contributed by atoms with van der Waals surface area (Å²) >= 11 is 0. The normalized spacial score (nSPS) is 14.5. The molecule has 1 fully saturated rings. The summed E-state index contributed by atoms with van der Waals surface area (Å²) in [6, 6.07) is 0.452. The summed E-state index contributed by atoms with van der Waals surface area (Å²) in [5.74, 6) is 0.280. The third-order valence-corrected chi connectivity index (χ3v) is 2.71. The van der Waals surface area contributed by atoms with Gasteiger partial charge in [0, 0.05) is 39.5 Å². The Bertz CT molecular complexity index is 262. The van der Waals surface area contributed by atoms with Crippen molar-refractivity contribution in [3.63, 3.8) is 0 Å². The molecule has 0 aliphatic heterocycles. The standard InChI is InChI=1S/C12H23N3O2/c1-15(2)12(17)7-9-13-8-3-4-11(16)14-10-5-6-10/h10,13H,3-9H2,1-2H3,(H,14,16). The van der Waals surface area contributed by atoms with Gasteiger partial charge in [-0.2, -0.15) is 0 Å². The number of hydrogen-bond acceptors (Lipinski definition) is 3. The zero-order valence-electron chi connectivity index (χ0n) is 10.8. The molecule has 17 heavy (non-hydrogen) atoms. The van der Waals surface area contributed by atoms with Crippen molar-refractivity contribution < 1.29 is 9.59 Å².